The number of carbonyl (C=O) groups is 1. The number of imidazole rings is 1. The van der Waals surface area contributed by atoms with Gasteiger partial charge in [-0.15, -0.1) is 0 Å². The number of rotatable bonds is 1. The van der Waals surface area contributed by atoms with Crippen LogP contribution in [-0.4, -0.2) is 45.3 Å². The van der Waals surface area contributed by atoms with E-state index in [1.54, 1.807) is 6.20 Å². The highest BCUT2D eigenvalue weighted by molar-refractivity contribution is 6.06. The number of fused-ring (bicyclic) bond motifs is 4. The number of aromatic amines is 1. The maximum Gasteiger partial charge on any atom is 0.237 e. The fourth-order valence-corrected chi connectivity index (χ4v) is 5.51. The second-order valence-electron chi connectivity index (χ2n) is 8.93. The van der Waals surface area contributed by atoms with Crippen molar-refractivity contribution < 1.29 is 9.63 Å². The molecule has 2 spiro atoms. The lowest BCUT2D eigenvalue weighted by molar-refractivity contribution is -0.120. The van der Waals surface area contributed by atoms with Gasteiger partial charge in [-0.05, 0) is 48.7 Å². The smallest absolute Gasteiger partial charge is 0.237 e. The highest BCUT2D eigenvalue weighted by Gasteiger charge is 2.51. The average Bonchev–Trinajstić information content (AvgIpc) is 3.55. The van der Waals surface area contributed by atoms with Gasteiger partial charge < -0.3 is 20.5 Å². The molecule has 1 amide bonds. The molecule has 3 aliphatic heterocycles. The van der Waals surface area contributed by atoms with Gasteiger partial charge in [0.1, 0.15) is 11.5 Å². The third-order valence-corrected chi connectivity index (χ3v) is 7.09. The third-order valence-electron chi connectivity index (χ3n) is 7.09. The molecule has 150 valence electrons. The summed E-state index contributed by atoms with van der Waals surface area (Å²) in [6, 6.07) is 8.17. The van der Waals surface area contributed by atoms with E-state index in [0.717, 1.165) is 54.1 Å². The number of carbonyl (C=O) groups excluding carboxylic acids is 1. The summed E-state index contributed by atoms with van der Waals surface area (Å²) in [4.78, 5) is 31.2. The molecule has 4 aliphatic rings. The molecule has 0 bridgehead atoms. The quantitative estimate of drug-likeness (QED) is 0.578. The number of H-pyrrole nitrogens is 1. The normalized spacial score (nSPS) is 25.6. The van der Waals surface area contributed by atoms with Crippen LogP contribution in [0, 0.1) is 0 Å². The van der Waals surface area contributed by atoms with Crippen LogP contribution >= 0.6 is 0 Å². The van der Waals surface area contributed by atoms with Crippen LogP contribution in [0.5, 0.6) is 0 Å². The maximum absolute atomic E-state index is 12.9. The Kier molecular flexibility index (Phi) is 3.01. The highest BCUT2D eigenvalue weighted by atomic mass is 16.7. The number of anilines is 1. The van der Waals surface area contributed by atoms with E-state index in [0.29, 0.717) is 18.7 Å². The van der Waals surface area contributed by atoms with Crippen molar-refractivity contribution in [2.45, 2.75) is 36.7 Å². The van der Waals surface area contributed by atoms with Crippen molar-refractivity contribution in [3.63, 3.8) is 0 Å². The van der Waals surface area contributed by atoms with Gasteiger partial charge in [0.25, 0.3) is 0 Å². The number of hydrogen-bond acceptors (Lipinski definition) is 6. The molecule has 1 saturated heterocycles. The van der Waals surface area contributed by atoms with Gasteiger partial charge in [-0.3, -0.25) is 4.79 Å². The van der Waals surface area contributed by atoms with Gasteiger partial charge in [0.05, 0.1) is 16.4 Å². The fraction of sp³-hybridized carbons (Fsp3) is 0.364. The number of benzene rings is 1. The summed E-state index contributed by atoms with van der Waals surface area (Å²) in [5.41, 5.74) is 5.34. The number of pyridine rings is 1. The van der Waals surface area contributed by atoms with Crippen molar-refractivity contribution in [3.05, 3.63) is 53.0 Å². The predicted octanol–water partition coefficient (Wildman–Crippen LogP) is 1.80. The second-order valence-corrected chi connectivity index (χ2v) is 8.93. The lowest BCUT2D eigenvalue weighted by atomic mass is 9.79. The molecule has 5 heterocycles. The third kappa shape index (κ3) is 2.09. The van der Waals surface area contributed by atoms with Gasteiger partial charge in [0, 0.05) is 31.1 Å². The Hall–Kier alpha value is -3.26. The minimum atomic E-state index is -0.557. The Labute approximate surface area is 172 Å². The van der Waals surface area contributed by atoms with Gasteiger partial charge >= 0.3 is 0 Å². The van der Waals surface area contributed by atoms with Gasteiger partial charge in [0.15, 0.2) is 11.4 Å². The van der Waals surface area contributed by atoms with E-state index in [1.807, 2.05) is 12.1 Å². The van der Waals surface area contributed by atoms with Crippen molar-refractivity contribution in [1.82, 2.24) is 20.3 Å². The molecule has 2 atom stereocenters. The first-order chi connectivity index (χ1) is 14.6. The van der Waals surface area contributed by atoms with Crippen LogP contribution in [0.2, 0.25) is 0 Å². The zero-order valence-electron chi connectivity index (χ0n) is 16.3. The highest BCUT2D eigenvalue weighted by Crippen LogP contribution is 2.47. The molecule has 0 radical (unpaired) electrons. The van der Waals surface area contributed by atoms with Gasteiger partial charge in [-0.2, -0.15) is 0 Å². The lowest BCUT2D eigenvalue weighted by Crippen LogP contribution is -2.35. The molecular formula is C22H20N6O2. The summed E-state index contributed by atoms with van der Waals surface area (Å²) in [7, 11) is 0. The molecule has 8 nitrogen and oxygen atoms in total. The molecule has 1 aromatic carbocycles. The second kappa shape index (κ2) is 5.46. The van der Waals surface area contributed by atoms with Crippen molar-refractivity contribution in [2.75, 3.05) is 18.4 Å². The number of hydrogen-bond donors (Lipinski definition) is 3. The van der Waals surface area contributed by atoms with Gasteiger partial charge in [-0.1, -0.05) is 11.2 Å². The van der Waals surface area contributed by atoms with Gasteiger partial charge in [0.2, 0.25) is 5.91 Å². The summed E-state index contributed by atoms with van der Waals surface area (Å²) >= 11 is 0. The molecule has 3 N–H and O–H groups in total. The van der Waals surface area contributed by atoms with E-state index < -0.39 is 5.41 Å². The minimum Gasteiger partial charge on any atom is -0.387 e. The molecule has 8 heteroatoms. The van der Waals surface area contributed by atoms with E-state index in [-0.39, 0.29) is 11.5 Å². The molecule has 1 fully saturated rings. The molecule has 7 rings (SSSR count). The van der Waals surface area contributed by atoms with Crippen LogP contribution in [0.4, 0.5) is 5.82 Å². The Bertz CT molecular complexity index is 1230. The van der Waals surface area contributed by atoms with E-state index in [9.17, 15) is 4.79 Å². The van der Waals surface area contributed by atoms with E-state index >= 15 is 0 Å². The van der Waals surface area contributed by atoms with Crippen LogP contribution in [0.25, 0.3) is 11.0 Å². The van der Waals surface area contributed by atoms with Crippen LogP contribution < -0.4 is 10.6 Å². The number of oxime groups is 1. The summed E-state index contributed by atoms with van der Waals surface area (Å²) in [6.45, 7) is 1.79. The monoisotopic (exact) mass is 400 g/mol. The molecule has 1 aliphatic carbocycles. The Balaban J connectivity index is 1.24. The zero-order valence-corrected chi connectivity index (χ0v) is 16.3. The largest absolute Gasteiger partial charge is 0.387 e. The van der Waals surface area contributed by atoms with Crippen molar-refractivity contribution in [1.29, 1.82) is 0 Å². The van der Waals surface area contributed by atoms with Crippen LogP contribution in [-0.2, 0) is 27.9 Å². The zero-order chi connectivity index (χ0) is 19.9. The molecule has 3 aromatic rings. The summed E-state index contributed by atoms with van der Waals surface area (Å²) in [5, 5.41) is 10.6. The molecular weight excluding hydrogens is 380 g/mol. The standard InChI is InChI=1S/C22H20N6O2/c29-20-22(14-2-1-4-24-18(14)27-20)8-12-6-15-16(7-13(12)9-22)26-19(25-15)17-10-21(30-28-17)3-5-23-11-21/h1-2,4,6-7,23H,3,5,8-11H2,(H,25,26)(H,24,27,29). The van der Waals surface area contributed by atoms with Crippen molar-refractivity contribution >= 4 is 28.5 Å². The van der Waals surface area contributed by atoms with Crippen LogP contribution in [0.1, 0.15) is 35.4 Å². The Morgan fingerprint density at radius 1 is 1.13 bits per heavy atom. The molecule has 0 saturated carbocycles. The van der Waals surface area contributed by atoms with E-state index in [2.05, 4.69) is 37.9 Å². The minimum absolute atomic E-state index is 0.0395. The average molecular weight is 400 g/mol. The van der Waals surface area contributed by atoms with Crippen LogP contribution in [0.15, 0.2) is 35.6 Å². The fourth-order valence-electron chi connectivity index (χ4n) is 5.51. The first-order valence-electron chi connectivity index (χ1n) is 10.4. The topological polar surface area (TPSA) is 104 Å². The molecule has 30 heavy (non-hydrogen) atoms. The number of nitrogens with zero attached hydrogens (tertiary/aromatic N) is 3. The van der Waals surface area contributed by atoms with Gasteiger partial charge in [-0.25, -0.2) is 9.97 Å². The SMILES string of the molecule is O=C1Nc2ncccc2C12Cc1cc3nc(C4=NOC5(CCNC5)C4)[nH]c3cc1C2. The van der Waals surface area contributed by atoms with E-state index in [4.69, 9.17) is 9.82 Å². The number of aromatic nitrogens is 3. The predicted molar refractivity (Wildman–Crippen MR) is 111 cm³/mol. The molecule has 2 unspecified atom stereocenters. The Morgan fingerprint density at radius 2 is 2.03 bits per heavy atom. The first-order valence-corrected chi connectivity index (χ1v) is 10.4. The van der Waals surface area contributed by atoms with Crippen molar-refractivity contribution in [2.24, 2.45) is 5.16 Å². The van der Waals surface area contributed by atoms with Crippen LogP contribution in [0.3, 0.4) is 0 Å². The van der Waals surface area contributed by atoms with E-state index in [1.165, 1.54) is 11.1 Å². The summed E-state index contributed by atoms with van der Waals surface area (Å²) in [5.74, 6) is 1.51. The lowest BCUT2D eigenvalue weighted by Gasteiger charge is -2.20. The number of nitrogens with one attached hydrogen (secondary N) is 3. The first kappa shape index (κ1) is 16.5. The maximum atomic E-state index is 12.9. The Morgan fingerprint density at radius 3 is 2.90 bits per heavy atom. The summed E-state index contributed by atoms with van der Waals surface area (Å²) in [6.07, 6.45) is 4.80. The molecule has 2 aromatic heterocycles. The number of amides is 1. The summed E-state index contributed by atoms with van der Waals surface area (Å²) < 4.78 is 0. The van der Waals surface area contributed by atoms with Crippen molar-refractivity contribution in [3.8, 4) is 0 Å².